The monoisotopic (exact) mass is 397 g/mol. The fraction of sp³-hybridized carbons (Fsp3) is 0.476. The molecule has 154 valence electrons. The molecule has 0 saturated carbocycles. The predicted octanol–water partition coefficient (Wildman–Crippen LogP) is 1.89. The summed E-state index contributed by atoms with van der Waals surface area (Å²) in [5, 5.41) is 2.90. The maximum atomic E-state index is 11.6. The summed E-state index contributed by atoms with van der Waals surface area (Å²) in [6.07, 6.45) is 4.33. The molecule has 3 heterocycles. The van der Waals surface area contributed by atoms with Crippen LogP contribution in [-0.4, -0.2) is 47.0 Å². The van der Waals surface area contributed by atoms with Crippen LogP contribution in [0.1, 0.15) is 42.9 Å². The Morgan fingerprint density at radius 1 is 1.21 bits per heavy atom. The Hall–Kier alpha value is -2.87. The first-order chi connectivity index (χ1) is 14.1. The van der Waals surface area contributed by atoms with Gasteiger partial charge in [0.1, 0.15) is 5.75 Å². The quantitative estimate of drug-likeness (QED) is 0.615. The maximum Gasteiger partial charge on any atom is 0.252 e. The topological polar surface area (TPSA) is 113 Å². The number of benzene rings is 1. The highest BCUT2D eigenvalue weighted by Gasteiger charge is 2.25. The second-order valence-electron chi connectivity index (χ2n) is 7.76. The van der Waals surface area contributed by atoms with E-state index >= 15 is 0 Å². The van der Waals surface area contributed by atoms with Gasteiger partial charge in [-0.3, -0.25) is 14.6 Å². The van der Waals surface area contributed by atoms with Crippen molar-refractivity contribution in [2.45, 2.75) is 38.0 Å². The zero-order chi connectivity index (χ0) is 20.2. The molecule has 1 fully saturated rings. The van der Waals surface area contributed by atoms with Crippen LogP contribution in [0, 0.1) is 0 Å². The second-order valence-corrected chi connectivity index (χ2v) is 7.76. The number of nitrogens with one attached hydrogen (secondary N) is 2. The minimum Gasteiger partial charge on any atom is -0.494 e. The number of likely N-dealkylation sites (tertiary alicyclic amines) is 1. The number of hydrogen-bond donors (Lipinski definition) is 3. The third-order valence-electron chi connectivity index (χ3n) is 5.58. The van der Waals surface area contributed by atoms with Gasteiger partial charge in [0, 0.05) is 36.7 Å². The largest absolute Gasteiger partial charge is 0.494 e. The van der Waals surface area contributed by atoms with Crippen LogP contribution >= 0.6 is 0 Å². The number of aryl methyl sites for hydroxylation is 1. The van der Waals surface area contributed by atoms with Crippen LogP contribution in [0.15, 0.2) is 29.1 Å². The van der Waals surface area contributed by atoms with E-state index in [0.29, 0.717) is 13.0 Å². The second kappa shape index (κ2) is 8.65. The van der Waals surface area contributed by atoms with Gasteiger partial charge in [0.15, 0.2) is 0 Å². The number of carbonyl (C=O) groups excluding carboxylic acids is 1. The van der Waals surface area contributed by atoms with Crippen LogP contribution in [0.5, 0.6) is 5.75 Å². The number of H-pyrrole nitrogens is 1. The van der Waals surface area contributed by atoms with Crippen molar-refractivity contribution in [1.29, 1.82) is 0 Å². The molecular weight excluding hydrogens is 370 g/mol. The first-order valence-electron chi connectivity index (χ1n) is 10.2. The van der Waals surface area contributed by atoms with E-state index in [-0.39, 0.29) is 23.3 Å². The summed E-state index contributed by atoms with van der Waals surface area (Å²) < 4.78 is 5.86. The van der Waals surface area contributed by atoms with Crippen molar-refractivity contribution in [3.8, 4) is 5.75 Å². The molecule has 1 aromatic heterocycles. The van der Waals surface area contributed by atoms with Gasteiger partial charge in [0.05, 0.1) is 12.3 Å². The molecule has 1 amide bonds. The molecule has 2 aromatic rings. The van der Waals surface area contributed by atoms with Gasteiger partial charge in [0.25, 0.3) is 5.56 Å². The molecule has 29 heavy (non-hydrogen) atoms. The fourth-order valence-electron chi connectivity index (χ4n) is 4.05. The summed E-state index contributed by atoms with van der Waals surface area (Å²) in [6.45, 7) is 3.56. The molecule has 1 saturated heterocycles. The number of ether oxygens (including phenoxy) is 1. The number of fused-ring (bicyclic) bond motifs is 1. The van der Waals surface area contributed by atoms with Crippen molar-refractivity contribution in [2.24, 2.45) is 0 Å². The Morgan fingerprint density at radius 3 is 2.97 bits per heavy atom. The highest BCUT2D eigenvalue weighted by Crippen LogP contribution is 2.28. The molecule has 4 rings (SSSR count). The van der Waals surface area contributed by atoms with Gasteiger partial charge < -0.3 is 20.7 Å². The maximum absolute atomic E-state index is 11.6. The normalized spacial score (nSPS) is 19.0. The number of unbranched alkanes of at least 4 members (excludes halogenated alkanes) is 1. The number of carbonyl (C=O) groups is 1. The first kappa shape index (κ1) is 19.4. The molecular formula is C21H27N5O3. The average Bonchev–Trinajstić information content (AvgIpc) is 3.16. The lowest BCUT2D eigenvalue weighted by Crippen LogP contribution is -2.23. The van der Waals surface area contributed by atoms with E-state index in [4.69, 9.17) is 10.5 Å². The molecule has 1 aromatic carbocycles. The minimum absolute atomic E-state index is 0.0663. The third-order valence-corrected chi connectivity index (χ3v) is 5.58. The molecule has 1 atom stereocenters. The molecule has 2 aliphatic heterocycles. The minimum atomic E-state index is -0.190. The number of nitrogen functional groups attached to an aromatic ring is 1. The molecule has 0 radical (unpaired) electrons. The lowest BCUT2D eigenvalue weighted by Gasteiger charge is -2.18. The van der Waals surface area contributed by atoms with Crippen LogP contribution in [0.2, 0.25) is 0 Å². The molecule has 8 heteroatoms. The van der Waals surface area contributed by atoms with E-state index < -0.39 is 0 Å². The van der Waals surface area contributed by atoms with Gasteiger partial charge in [-0.2, -0.15) is 0 Å². The molecule has 0 spiro atoms. The Morgan fingerprint density at radius 2 is 2.10 bits per heavy atom. The van der Waals surface area contributed by atoms with Gasteiger partial charge in [-0.05, 0) is 50.4 Å². The van der Waals surface area contributed by atoms with E-state index in [1.54, 1.807) is 6.07 Å². The standard InChI is InChI=1S/C21H27N5O3/c22-21-24-18(12-20(28)25-21)15-7-9-26(13-15)8-1-2-10-29-16-5-3-14-4-6-19(27)23-17(14)11-16/h3,5,11-12,15H,1-2,4,6-10,13H2,(H,23,27)(H3,22,24,25,28). The van der Waals surface area contributed by atoms with Crippen molar-refractivity contribution >= 4 is 17.5 Å². The SMILES string of the molecule is Nc1nc(C2CCN(CCCCOc3ccc4c(c3)NC(=O)CC4)C2)cc(=O)[nH]1. The Bertz CT molecular complexity index is 942. The Kier molecular flexibility index (Phi) is 5.80. The van der Waals surface area contributed by atoms with E-state index in [9.17, 15) is 9.59 Å². The van der Waals surface area contributed by atoms with Crippen molar-refractivity contribution in [2.75, 3.05) is 37.3 Å². The molecule has 8 nitrogen and oxygen atoms in total. The van der Waals surface area contributed by atoms with Crippen LogP contribution < -0.4 is 21.3 Å². The van der Waals surface area contributed by atoms with E-state index in [2.05, 4.69) is 20.2 Å². The Balaban J connectivity index is 1.18. The molecule has 4 N–H and O–H groups in total. The average molecular weight is 397 g/mol. The number of hydrogen-bond acceptors (Lipinski definition) is 6. The predicted molar refractivity (Wildman–Crippen MR) is 111 cm³/mol. The summed E-state index contributed by atoms with van der Waals surface area (Å²) in [4.78, 5) is 32.3. The Labute approximate surface area is 169 Å². The van der Waals surface area contributed by atoms with E-state index in [0.717, 1.165) is 68.0 Å². The van der Waals surface area contributed by atoms with Gasteiger partial charge in [-0.25, -0.2) is 4.98 Å². The highest BCUT2D eigenvalue weighted by atomic mass is 16.5. The van der Waals surface area contributed by atoms with Crippen molar-refractivity contribution in [1.82, 2.24) is 14.9 Å². The number of nitrogens with two attached hydrogens (primary N) is 1. The van der Waals surface area contributed by atoms with Crippen LogP contribution in [0.4, 0.5) is 11.6 Å². The summed E-state index contributed by atoms with van der Waals surface area (Å²) in [6, 6.07) is 7.47. The number of nitrogens with zero attached hydrogens (tertiary/aromatic N) is 2. The van der Waals surface area contributed by atoms with Gasteiger partial charge >= 0.3 is 0 Å². The summed E-state index contributed by atoms with van der Waals surface area (Å²) in [7, 11) is 0. The number of amides is 1. The van der Waals surface area contributed by atoms with Crippen molar-refractivity contribution < 1.29 is 9.53 Å². The highest BCUT2D eigenvalue weighted by molar-refractivity contribution is 5.94. The van der Waals surface area contributed by atoms with Crippen LogP contribution in [0.3, 0.4) is 0 Å². The summed E-state index contributed by atoms with van der Waals surface area (Å²) >= 11 is 0. The first-order valence-corrected chi connectivity index (χ1v) is 10.2. The van der Waals surface area contributed by atoms with E-state index in [1.165, 1.54) is 0 Å². The molecule has 1 unspecified atom stereocenters. The van der Waals surface area contributed by atoms with Gasteiger partial charge in [-0.15, -0.1) is 0 Å². The number of aromatic nitrogens is 2. The molecule has 0 aliphatic carbocycles. The molecule has 0 bridgehead atoms. The van der Waals surface area contributed by atoms with Gasteiger partial charge in [-0.1, -0.05) is 6.07 Å². The number of rotatable bonds is 7. The van der Waals surface area contributed by atoms with Crippen molar-refractivity contribution in [3.63, 3.8) is 0 Å². The van der Waals surface area contributed by atoms with E-state index in [1.807, 2.05) is 18.2 Å². The number of aromatic amines is 1. The summed E-state index contributed by atoms with van der Waals surface area (Å²) in [5.41, 5.74) is 8.29. The number of anilines is 2. The van der Waals surface area contributed by atoms with Crippen LogP contribution in [0.25, 0.3) is 0 Å². The smallest absolute Gasteiger partial charge is 0.252 e. The zero-order valence-electron chi connectivity index (χ0n) is 16.4. The van der Waals surface area contributed by atoms with Crippen molar-refractivity contribution in [3.05, 3.63) is 45.9 Å². The van der Waals surface area contributed by atoms with Gasteiger partial charge in [0.2, 0.25) is 11.9 Å². The summed E-state index contributed by atoms with van der Waals surface area (Å²) in [5.74, 6) is 1.31. The zero-order valence-corrected chi connectivity index (χ0v) is 16.4. The molecule has 2 aliphatic rings. The lowest BCUT2D eigenvalue weighted by atomic mass is 10.0. The fourth-order valence-corrected chi connectivity index (χ4v) is 4.05. The third kappa shape index (κ3) is 4.95. The van der Waals surface area contributed by atoms with Crippen LogP contribution in [-0.2, 0) is 11.2 Å². The lowest BCUT2D eigenvalue weighted by molar-refractivity contribution is -0.116.